The van der Waals surface area contributed by atoms with Crippen LogP contribution in [0.5, 0.6) is 0 Å². The van der Waals surface area contributed by atoms with E-state index in [0.717, 1.165) is 19.4 Å². The fourth-order valence-corrected chi connectivity index (χ4v) is 1.31. The van der Waals surface area contributed by atoms with Gasteiger partial charge in [-0.15, -0.1) is 0 Å². The molecule has 0 saturated carbocycles. The van der Waals surface area contributed by atoms with E-state index in [0.29, 0.717) is 19.1 Å². The Labute approximate surface area is 86.8 Å². The van der Waals surface area contributed by atoms with E-state index >= 15 is 0 Å². The van der Waals surface area contributed by atoms with Crippen molar-refractivity contribution in [1.29, 1.82) is 0 Å². The first-order valence-corrected chi connectivity index (χ1v) is 5.31. The van der Waals surface area contributed by atoms with E-state index in [1.807, 2.05) is 11.9 Å². The quantitative estimate of drug-likeness (QED) is 0.618. The molecule has 0 heterocycles. The van der Waals surface area contributed by atoms with Crippen molar-refractivity contribution in [3.63, 3.8) is 0 Å². The molecule has 0 aromatic rings. The summed E-state index contributed by atoms with van der Waals surface area (Å²) in [6.07, 6.45) is 1.98. The van der Waals surface area contributed by atoms with Gasteiger partial charge in [0.15, 0.2) is 0 Å². The van der Waals surface area contributed by atoms with Crippen LogP contribution in [0, 0.1) is 0 Å². The minimum atomic E-state index is 0.0923. The molecule has 0 aliphatic carbocycles. The summed E-state index contributed by atoms with van der Waals surface area (Å²) in [5, 5.41) is 2.98. The molecule has 0 fully saturated rings. The highest BCUT2D eigenvalue weighted by molar-refractivity contribution is 5.78. The molecule has 0 bridgehead atoms. The average Bonchev–Trinajstić information content (AvgIpc) is 2.14. The number of carbonyl (C=O) groups is 1. The molecule has 0 radical (unpaired) electrons. The number of rotatable bonds is 7. The van der Waals surface area contributed by atoms with Crippen molar-refractivity contribution in [2.45, 2.75) is 32.7 Å². The second kappa shape index (κ2) is 7.76. The maximum Gasteiger partial charge on any atom is 0.234 e. The monoisotopic (exact) mass is 201 g/mol. The van der Waals surface area contributed by atoms with Crippen molar-refractivity contribution in [2.75, 3.05) is 26.7 Å². The maximum atomic E-state index is 11.5. The van der Waals surface area contributed by atoms with Crippen LogP contribution in [0.15, 0.2) is 0 Å². The second-order valence-electron chi connectivity index (χ2n) is 3.61. The predicted molar refractivity (Wildman–Crippen MR) is 59.1 cm³/mol. The number of carbonyl (C=O) groups excluding carboxylic acids is 1. The first-order valence-electron chi connectivity index (χ1n) is 5.31. The summed E-state index contributed by atoms with van der Waals surface area (Å²) in [4.78, 5) is 13.4. The van der Waals surface area contributed by atoms with Gasteiger partial charge in [0, 0.05) is 19.1 Å². The van der Waals surface area contributed by atoms with Gasteiger partial charge in [-0.3, -0.25) is 9.69 Å². The number of nitrogens with zero attached hydrogens (tertiary/aromatic N) is 1. The molecule has 0 aliphatic heterocycles. The topological polar surface area (TPSA) is 58.4 Å². The Morgan fingerprint density at radius 2 is 2.00 bits per heavy atom. The molecule has 0 aromatic carbocycles. The largest absolute Gasteiger partial charge is 0.352 e. The Morgan fingerprint density at radius 3 is 2.43 bits per heavy atom. The predicted octanol–water partition coefficient (Wildman–Crippen LogP) is 0.182. The molecule has 14 heavy (non-hydrogen) atoms. The van der Waals surface area contributed by atoms with Gasteiger partial charge in [-0.1, -0.05) is 13.8 Å². The highest BCUT2D eigenvalue weighted by Crippen LogP contribution is 1.95. The molecule has 0 spiro atoms. The number of amides is 1. The second-order valence-corrected chi connectivity index (χ2v) is 3.61. The van der Waals surface area contributed by atoms with Crippen LogP contribution in [0.4, 0.5) is 0 Å². The molecular formula is C10H23N3O. The normalized spacial score (nSPS) is 11.0. The molecule has 0 aromatic heterocycles. The average molecular weight is 201 g/mol. The van der Waals surface area contributed by atoms with Crippen LogP contribution in [0.1, 0.15) is 26.7 Å². The summed E-state index contributed by atoms with van der Waals surface area (Å²) in [5.74, 6) is 0.0923. The van der Waals surface area contributed by atoms with Crippen LogP contribution < -0.4 is 11.1 Å². The Bertz CT molecular complexity index is 157. The Balaban J connectivity index is 3.73. The molecule has 0 unspecified atom stereocenters. The van der Waals surface area contributed by atoms with Crippen LogP contribution >= 0.6 is 0 Å². The van der Waals surface area contributed by atoms with Gasteiger partial charge in [0.05, 0.1) is 6.54 Å². The Hall–Kier alpha value is -0.610. The van der Waals surface area contributed by atoms with Gasteiger partial charge in [0.2, 0.25) is 5.91 Å². The van der Waals surface area contributed by atoms with E-state index in [1.54, 1.807) is 0 Å². The molecule has 0 atom stereocenters. The third kappa shape index (κ3) is 5.94. The van der Waals surface area contributed by atoms with E-state index in [4.69, 9.17) is 5.73 Å². The lowest BCUT2D eigenvalue weighted by Gasteiger charge is -2.18. The van der Waals surface area contributed by atoms with Gasteiger partial charge in [0.25, 0.3) is 0 Å². The molecule has 1 amide bonds. The van der Waals surface area contributed by atoms with Crippen molar-refractivity contribution in [2.24, 2.45) is 5.73 Å². The van der Waals surface area contributed by atoms with Crippen molar-refractivity contribution < 1.29 is 4.79 Å². The van der Waals surface area contributed by atoms with Gasteiger partial charge in [-0.2, -0.15) is 0 Å². The minimum absolute atomic E-state index is 0.0923. The molecule has 0 aliphatic rings. The summed E-state index contributed by atoms with van der Waals surface area (Å²) >= 11 is 0. The van der Waals surface area contributed by atoms with Crippen LogP contribution in [0.25, 0.3) is 0 Å². The lowest BCUT2D eigenvalue weighted by Crippen LogP contribution is -2.41. The molecule has 84 valence electrons. The first-order chi connectivity index (χ1) is 6.63. The number of nitrogens with one attached hydrogen (secondary N) is 1. The summed E-state index contributed by atoms with van der Waals surface area (Å²) in [6, 6.07) is 0.314. The zero-order valence-corrected chi connectivity index (χ0v) is 9.55. The lowest BCUT2D eigenvalue weighted by molar-refractivity contribution is -0.122. The summed E-state index contributed by atoms with van der Waals surface area (Å²) in [5.41, 5.74) is 5.39. The van der Waals surface area contributed by atoms with Crippen molar-refractivity contribution >= 4 is 5.91 Å². The number of hydrogen-bond acceptors (Lipinski definition) is 3. The number of hydrogen-bond donors (Lipinski definition) is 2. The summed E-state index contributed by atoms with van der Waals surface area (Å²) < 4.78 is 0. The van der Waals surface area contributed by atoms with Crippen LogP contribution in [-0.4, -0.2) is 43.5 Å². The van der Waals surface area contributed by atoms with Gasteiger partial charge in [-0.25, -0.2) is 0 Å². The summed E-state index contributed by atoms with van der Waals surface area (Å²) in [6.45, 7) is 5.95. The van der Waals surface area contributed by atoms with Crippen LogP contribution in [0.2, 0.25) is 0 Å². The van der Waals surface area contributed by atoms with Gasteiger partial charge in [-0.05, 0) is 19.9 Å². The van der Waals surface area contributed by atoms with Crippen molar-refractivity contribution in [3.05, 3.63) is 0 Å². The van der Waals surface area contributed by atoms with Gasteiger partial charge >= 0.3 is 0 Å². The molecular weight excluding hydrogens is 178 g/mol. The van der Waals surface area contributed by atoms with E-state index < -0.39 is 0 Å². The Kier molecular flexibility index (Phi) is 7.42. The fraction of sp³-hybridized carbons (Fsp3) is 0.900. The summed E-state index contributed by atoms with van der Waals surface area (Å²) in [7, 11) is 1.90. The SMILES string of the molecule is CCC(CC)NC(=O)CN(C)CCN. The highest BCUT2D eigenvalue weighted by atomic mass is 16.2. The molecule has 0 rings (SSSR count). The highest BCUT2D eigenvalue weighted by Gasteiger charge is 2.09. The third-order valence-corrected chi connectivity index (χ3v) is 2.28. The maximum absolute atomic E-state index is 11.5. The van der Waals surface area contributed by atoms with Crippen molar-refractivity contribution in [3.8, 4) is 0 Å². The van der Waals surface area contributed by atoms with Crippen LogP contribution in [-0.2, 0) is 4.79 Å². The molecule has 4 heteroatoms. The minimum Gasteiger partial charge on any atom is -0.352 e. The van der Waals surface area contributed by atoms with E-state index in [2.05, 4.69) is 19.2 Å². The lowest BCUT2D eigenvalue weighted by atomic mass is 10.2. The van der Waals surface area contributed by atoms with Gasteiger partial charge < -0.3 is 11.1 Å². The zero-order valence-electron chi connectivity index (χ0n) is 9.55. The standard InChI is InChI=1S/C10H23N3O/c1-4-9(5-2)12-10(14)8-13(3)7-6-11/h9H,4-8,11H2,1-3H3,(H,12,14). The van der Waals surface area contributed by atoms with E-state index in [1.165, 1.54) is 0 Å². The van der Waals surface area contributed by atoms with E-state index in [-0.39, 0.29) is 5.91 Å². The van der Waals surface area contributed by atoms with Crippen LogP contribution in [0.3, 0.4) is 0 Å². The van der Waals surface area contributed by atoms with E-state index in [9.17, 15) is 4.79 Å². The van der Waals surface area contributed by atoms with Crippen molar-refractivity contribution in [1.82, 2.24) is 10.2 Å². The molecule has 4 nitrogen and oxygen atoms in total. The smallest absolute Gasteiger partial charge is 0.234 e. The Morgan fingerprint density at radius 1 is 1.43 bits per heavy atom. The first kappa shape index (κ1) is 13.4. The van der Waals surface area contributed by atoms with Gasteiger partial charge in [0.1, 0.15) is 0 Å². The molecule has 0 saturated heterocycles. The zero-order chi connectivity index (χ0) is 11.0. The number of nitrogens with two attached hydrogens (primary N) is 1. The molecule has 3 N–H and O–H groups in total. The number of likely N-dealkylation sites (N-methyl/N-ethyl adjacent to an activating group) is 1. The fourth-order valence-electron chi connectivity index (χ4n) is 1.31. The third-order valence-electron chi connectivity index (χ3n) is 2.28.